The van der Waals surface area contributed by atoms with Gasteiger partial charge in [0.15, 0.2) is 0 Å². The molecule has 0 aliphatic heterocycles. The maximum absolute atomic E-state index is 13.9. The van der Waals surface area contributed by atoms with E-state index < -0.39 is 42.5 Å². The molecule has 0 radical (unpaired) electrons. The Kier molecular flexibility index (Phi) is 6.88. The smallest absolute Gasteiger partial charge is 0.408 e. The van der Waals surface area contributed by atoms with Crippen molar-refractivity contribution in [1.29, 1.82) is 0 Å². The van der Waals surface area contributed by atoms with Gasteiger partial charge in [-0.2, -0.15) is 0 Å². The highest BCUT2D eigenvalue weighted by Gasteiger charge is 2.40. The minimum absolute atomic E-state index is 0.0475. The summed E-state index contributed by atoms with van der Waals surface area (Å²) in [5.74, 6) is -4.58. The molecule has 0 unspecified atom stereocenters. The summed E-state index contributed by atoms with van der Waals surface area (Å²) in [5.41, 5.74) is -0.781. The largest absolute Gasteiger partial charge is 0.481 e. The van der Waals surface area contributed by atoms with Crippen molar-refractivity contribution >= 4 is 12.1 Å². The molecule has 0 aromatic heterocycles. The number of amides is 1. The monoisotopic (exact) mass is 295 g/mol. The zero-order chi connectivity index (χ0) is 16.0. The van der Waals surface area contributed by atoms with E-state index in [9.17, 15) is 18.4 Å². The number of aliphatic carboxylic acids is 1. The number of alkyl carbamates (subject to hydrolysis) is 1. The Morgan fingerprint density at radius 3 is 2.25 bits per heavy atom. The van der Waals surface area contributed by atoms with Gasteiger partial charge in [-0.3, -0.25) is 4.79 Å². The van der Waals surface area contributed by atoms with E-state index in [1.54, 1.807) is 27.7 Å². The molecule has 0 aliphatic rings. The SMILES string of the molecule is CCC[C@H](NC(=O)OC(C)(C)C)C(F)(F)CCC(=O)O. The van der Waals surface area contributed by atoms with E-state index in [2.05, 4.69) is 5.32 Å². The molecule has 0 aromatic rings. The van der Waals surface area contributed by atoms with Crippen LogP contribution in [0, 0.1) is 0 Å². The number of carboxylic acid groups (broad SMARTS) is 1. The van der Waals surface area contributed by atoms with E-state index in [0.29, 0.717) is 6.42 Å². The second kappa shape index (κ2) is 7.40. The van der Waals surface area contributed by atoms with E-state index in [1.807, 2.05) is 0 Å². The average Bonchev–Trinajstić information content (AvgIpc) is 2.23. The number of rotatable bonds is 7. The fourth-order valence-electron chi connectivity index (χ4n) is 1.58. The summed E-state index contributed by atoms with van der Waals surface area (Å²) in [7, 11) is 0. The van der Waals surface area contributed by atoms with Crippen LogP contribution >= 0.6 is 0 Å². The van der Waals surface area contributed by atoms with Crippen LogP contribution in [0.4, 0.5) is 13.6 Å². The minimum atomic E-state index is -3.29. The Hall–Kier alpha value is -1.40. The topological polar surface area (TPSA) is 75.6 Å². The number of nitrogens with one attached hydrogen (secondary N) is 1. The van der Waals surface area contributed by atoms with Gasteiger partial charge in [0.05, 0.1) is 12.5 Å². The molecule has 0 rings (SSSR count). The van der Waals surface area contributed by atoms with E-state index >= 15 is 0 Å². The van der Waals surface area contributed by atoms with Crippen molar-refractivity contribution in [3.8, 4) is 0 Å². The number of halogens is 2. The summed E-state index contributed by atoms with van der Waals surface area (Å²) in [6.45, 7) is 6.59. The standard InChI is InChI=1S/C13H23F2NO4/c1-5-6-9(13(14,15)8-7-10(17)18)16-11(19)20-12(2,3)4/h9H,5-8H2,1-4H3,(H,16,19)(H,17,18)/t9-/m0/s1. The predicted octanol–water partition coefficient (Wildman–Crippen LogP) is 3.18. The average molecular weight is 295 g/mol. The Balaban J connectivity index is 4.69. The van der Waals surface area contributed by atoms with Crippen LogP contribution in [0.15, 0.2) is 0 Å². The Morgan fingerprint density at radius 2 is 1.85 bits per heavy atom. The lowest BCUT2D eigenvalue weighted by atomic mass is 10.0. The van der Waals surface area contributed by atoms with Gasteiger partial charge < -0.3 is 15.2 Å². The highest BCUT2D eigenvalue weighted by atomic mass is 19.3. The van der Waals surface area contributed by atoms with Gasteiger partial charge in [-0.15, -0.1) is 0 Å². The molecule has 7 heteroatoms. The Bertz CT molecular complexity index is 340. The van der Waals surface area contributed by atoms with Crippen molar-refractivity contribution < 1.29 is 28.2 Å². The number of carboxylic acids is 1. The highest BCUT2D eigenvalue weighted by Crippen LogP contribution is 2.28. The van der Waals surface area contributed by atoms with Gasteiger partial charge in [-0.05, 0) is 27.2 Å². The second-order valence-corrected chi connectivity index (χ2v) is 5.64. The van der Waals surface area contributed by atoms with Crippen molar-refractivity contribution in [3.63, 3.8) is 0 Å². The number of hydrogen-bond donors (Lipinski definition) is 2. The minimum Gasteiger partial charge on any atom is -0.481 e. The maximum Gasteiger partial charge on any atom is 0.408 e. The number of alkyl halides is 2. The first-order valence-corrected chi connectivity index (χ1v) is 6.57. The number of carbonyl (C=O) groups is 2. The van der Waals surface area contributed by atoms with Crippen LogP contribution in [0.5, 0.6) is 0 Å². The van der Waals surface area contributed by atoms with Gasteiger partial charge in [0.2, 0.25) is 0 Å². The fraction of sp³-hybridized carbons (Fsp3) is 0.846. The maximum atomic E-state index is 13.9. The van der Waals surface area contributed by atoms with Gasteiger partial charge in [-0.1, -0.05) is 13.3 Å². The first-order chi connectivity index (χ1) is 8.98. The lowest BCUT2D eigenvalue weighted by Gasteiger charge is -2.28. The molecule has 1 atom stereocenters. The lowest BCUT2D eigenvalue weighted by molar-refractivity contribution is -0.139. The number of hydrogen-bond acceptors (Lipinski definition) is 3. The van der Waals surface area contributed by atoms with Crippen molar-refractivity contribution in [2.75, 3.05) is 0 Å². The van der Waals surface area contributed by atoms with Crippen molar-refractivity contribution in [3.05, 3.63) is 0 Å². The molecule has 0 aliphatic carbocycles. The van der Waals surface area contributed by atoms with Crippen LogP contribution in [-0.2, 0) is 9.53 Å². The molecular formula is C13H23F2NO4. The van der Waals surface area contributed by atoms with Gasteiger partial charge in [0, 0.05) is 6.42 Å². The normalized spacial score (nSPS) is 13.7. The number of carbonyl (C=O) groups excluding carboxylic acids is 1. The fourth-order valence-corrected chi connectivity index (χ4v) is 1.58. The molecule has 118 valence electrons. The first kappa shape index (κ1) is 18.6. The molecule has 0 heterocycles. The van der Waals surface area contributed by atoms with Crippen LogP contribution in [-0.4, -0.2) is 34.7 Å². The van der Waals surface area contributed by atoms with Gasteiger partial charge in [0.25, 0.3) is 5.92 Å². The summed E-state index contributed by atoms with van der Waals surface area (Å²) in [4.78, 5) is 21.9. The molecule has 20 heavy (non-hydrogen) atoms. The Morgan fingerprint density at radius 1 is 1.30 bits per heavy atom. The summed E-state index contributed by atoms with van der Waals surface area (Å²) in [6.07, 6.45) is -1.91. The molecule has 0 saturated carbocycles. The zero-order valence-corrected chi connectivity index (χ0v) is 12.3. The molecule has 0 spiro atoms. The molecule has 5 nitrogen and oxygen atoms in total. The third-order valence-corrected chi connectivity index (χ3v) is 2.45. The van der Waals surface area contributed by atoms with E-state index in [0.717, 1.165) is 0 Å². The third kappa shape index (κ3) is 7.91. The molecule has 0 bridgehead atoms. The summed E-state index contributed by atoms with van der Waals surface area (Å²) in [6, 6.07) is -1.43. The van der Waals surface area contributed by atoms with Crippen LogP contribution in [0.3, 0.4) is 0 Å². The Labute approximate surface area is 117 Å². The van der Waals surface area contributed by atoms with E-state index in [1.165, 1.54) is 0 Å². The van der Waals surface area contributed by atoms with Gasteiger partial charge >= 0.3 is 12.1 Å². The molecule has 0 saturated heterocycles. The molecule has 2 N–H and O–H groups in total. The quantitative estimate of drug-likeness (QED) is 0.756. The molecule has 1 amide bonds. The van der Waals surface area contributed by atoms with Crippen LogP contribution < -0.4 is 5.32 Å². The second-order valence-electron chi connectivity index (χ2n) is 5.64. The van der Waals surface area contributed by atoms with Gasteiger partial charge in [-0.25, -0.2) is 13.6 Å². The van der Waals surface area contributed by atoms with E-state index in [-0.39, 0.29) is 6.42 Å². The van der Waals surface area contributed by atoms with Crippen LogP contribution in [0.25, 0.3) is 0 Å². The van der Waals surface area contributed by atoms with E-state index in [4.69, 9.17) is 9.84 Å². The zero-order valence-electron chi connectivity index (χ0n) is 12.3. The molecular weight excluding hydrogens is 272 g/mol. The summed E-state index contributed by atoms with van der Waals surface area (Å²) in [5, 5.41) is 10.6. The van der Waals surface area contributed by atoms with Gasteiger partial charge in [0.1, 0.15) is 5.60 Å². The molecule has 0 fully saturated rings. The summed E-state index contributed by atoms with van der Waals surface area (Å²) < 4.78 is 32.7. The first-order valence-electron chi connectivity index (χ1n) is 6.57. The van der Waals surface area contributed by atoms with Crippen molar-refractivity contribution in [2.24, 2.45) is 0 Å². The predicted molar refractivity (Wildman–Crippen MR) is 69.9 cm³/mol. The number of ether oxygens (including phenoxy) is 1. The van der Waals surface area contributed by atoms with Crippen molar-refractivity contribution in [2.45, 2.75) is 70.9 Å². The van der Waals surface area contributed by atoms with Crippen LogP contribution in [0.1, 0.15) is 53.4 Å². The van der Waals surface area contributed by atoms with Crippen molar-refractivity contribution in [1.82, 2.24) is 5.32 Å². The van der Waals surface area contributed by atoms with Crippen LogP contribution in [0.2, 0.25) is 0 Å². The lowest BCUT2D eigenvalue weighted by Crippen LogP contribution is -2.49. The highest BCUT2D eigenvalue weighted by molar-refractivity contribution is 5.68. The summed E-state index contributed by atoms with van der Waals surface area (Å²) >= 11 is 0. The third-order valence-electron chi connectivity index (χ3n) is 2.45. The molecule has 0 aromatic carbocycles.